The van der Waals surface area contributed by atoms with Crippen LogP contribution < -0.4 is 10.3 Å². The van der Waals surface area contributed by atoms with Gasteiger partial charge in [0.1, 0.15) is 23.0 Å². The lowest BCUT2D eigenvalue weighted by atomic mass is 10.2. The topological polar surface area (TPSA) is 81.4 Å². The van der Waals surface area contributed by atoms with Crippen LogP contribution in [0.2, 0.25) is 5.02 Å². The molecule has 0 amide bonds. The molecule has 0 fully saturated rings. The average Bonchev–Trinajstić information content (AvgIpc) is 3.04. The molecule has 0 aliphatic rings. The van der Waals surface area contributed by atoms with Crippen LogP contribution >= 0.6 is 22.9 Å². The first-order valence-corrected chi connectivity index (χ1v) is 9.39. The van der Waals surface area contributed by atoms with Crippen LogP contribution in [0.5, 0.6) is 5.75 Å². The van der Waals surface area contributed by atoms with Crippen LogP contribution in [0.3, 0.4) is 0 Å². The average molecular weight is 393 g/mol. The number of aryl methyl sites for hydroxylation is 1. The number of hydrogen-bond acceptors (Lipinski definition) is 5. The van der Waals surface area contributed by atoms with Gasteiger partial charge in [-0.05, 0) is 30.7 Å². The molecule has 8 heteroatoms. The van der Waals surface area contributed by atoms with Crippen molar-refractivity contribution in [2.24, 2.45) is 0 Å². The second kappa shape index (κ2) is 7.88. The van der Waals surface area contributed by atoms with Gasteiger partial charge in [0.15, 0.2) is 0 Å². The maximum absolute atomic E-state index is 12.9. The fourth-order valence-corrected chi connectivity index (χ4v) is 3.70. The van der Waals surface area contributed by atoms with Crippen molar-refractivity contribution in [2.75, 3.05) is 6.61 Å². The standard InChI is InChI=1S/C18H17ClN2O4S/c1-2-3-14-20-16-15(13(10-26-16)18(23)24)17(22)21(14)8-9-25-12-6-4-11(19)5-7-12/h4-7,10H,2-3,8-9H2,1H3,(H,23,24). The van der Waals surface area contributed by atoms with Crippen LogP contribution in [0, 0.1) is 0 Å². The smallest absolute Gasteiger partial charge is 0.337 e. The summed E-state index contributed by atoms with van der Waals surface area (Å²) in [6.07, 6.45) is 1.46. The molecule has 0 aliphatic carbocycles. The molecule has 1 aromatic carbocycles. The number of benzene rings is 1. The Bertz CT molecular complexity index is 995. The summed E-state index contributed by atoms with van der Waals surface area (Å²) in [6, 6.07) is 6.95. The molecule has 0 spiro atoms. The summed E-state index contributed by atoms with van der Waals surface area (Å²) in [5.74, 6) is 0.168. The zero-order chi connectivity index (χ0) is 18.7. The SMILES string of the molecule is CCCc1nc2scc(C(=O)O)c2c(=O)n1CCOc1ccc(Cl)cc1. The summed E-state index contributed by atoms with van der Waals surface area (Å²) in [6.45, 7) is 2.55. The summed E-state index contributed by atoms with van der Waals surface area (Å²) in [4.78, 5) is 29.2. The predicted octanol–water partition coefficient (Wildman–Crippen LogP) is 3.84. The Morgan fingerprint density at radius 3 is 2.73 bits per heavy atom. The van der Waals surface area contributed by atoms with Crippen molar-refractivity contribution >= 4 is 39.1 Å². The number of thiophene rings is 1. The molecule has 0 atom stereocenters. The number of aromatic nitrogens is 2. The molecular weight excluding hydrogens is 376 g/mol. The minimum atomic E-state index is -1.12. The van der Waals surface area contributed by atoms with Gasteiger partial charge in [0, 0.05) is 16.8 Å². The van der Waals surface area contributed by atoms with Gasteiger partial charge in [0.05, 0.1) is 17.5 Å². The summed E-state index contributed by atoms with van der Waals surface area (Å²) in [5.41, 5.74) is -0.338. The van der Waals surface area contributed by atoms with Crippen molar-refractivity contribution in [3.8, 4) is 5.75 Å². The van der Waals surface area contributed by atoms with Gasteiger partial charge in [-0.25, -0.2) is 9.78 Å². The molecule has 3 aromatic rings. The zero-order valence-electron chi connectivity index (χ0n) is 14.1. The summed E-state index contributed by atoms with van der Waals surface area (Å²) >= 11 is 7.02. The van der Waals surface area contributed by atoms with E-state index in [2.05, 4.69) is 4.98 Å². The Hall–Kier alpha value is -2.38. The Morgan fingerprint density at radius 1 is 1.35 bits per heavy atom. The lowest BCUT2D eigenvalue weighted by Crippen LogP contribution is -2.28. The van der Waals surface area contributed by atoms with Gasteiger partial charge >= 0.3 is 5.97 Å². The van der Waals surface area contributed by atoms with E-state index in [0.29, 0.717) is 27.8 Å². The van der Waals surface area contributed by atoms with Crippen LogP contribution in [0.1, 0.15) is 29.5 Å². The van der Waals surface area contributed by atoms with Gasteiger partial charge in [-0.2, -0.15) is 0 Å². The number of carbonyl (C=O) groups is 1. The van der Waals surface area contributed by atoms with E-state index in [0.717, 1.165) is 6.42 Å². The number of hydrogen-bond donors (Lipinski definition) is 1. The van der Waals surface area contributed by atoms with Gasteiger partial charge in [-0.1, -0.05) is 18.5 Å². The van der Waals surface area contributed by atoms with E-state index >= 15 is 0 Å². The number of nitrogens with zero attached hydrogens (tertiary/aromatic N) is 2. The fourth-order valence-electron chi connectivity index (χ4n) is 2.65. The maximum atomic E-state index is 12.9. The molecule has 0 saturated carbocycles. The van der Waals surface area contributed by atoms with Gasteiger partial charge in [0.2, 0.25) is 0 Å². The summed E-state index contributed by atoms with van der Waals surface area (Å²) in [7, 11) is 0. The molecule has 0 radical (unpaired) electrons. The summed E-state index contributed by atoms with van der Waals surface area (Å²) < 4.78 is 7.18. The number of halogens is 1. The van der Waals surface area contributed by atoms with E-state index in [1.54, 1.807) is 24.3 Å². The van der Waals surface area contributed by atoms with Crippen molar-refractivity contribution in [1.29, 1.82) is 0 Å². The van der Waals surface area contributed by atoms with Crippen LogP contribution in [-0.4, -0.2) is 27.2 Å². The van der Waals surface area contributed by atoms with Gasteiger partial charge < -0.3 is 9.84 Å². The molecule has 6 nitrogen and oxygen atoms in total. The van der Waals surface area contributed by atoms with E-state index in [-0.39, 0.29) is 29.7 Å². The van der Waals surface area contributed by atoms with Gasteiger partial charge in [-0.15, -0.1) is 11.3 Å². The molecule has 2 aromatic heterocycles. The minimum Gasteiger partial charge on any atom is -0.492 e. The molecule has 0 unspecified atom stereocenters. The molecule has 0 aliphatic heterocycles. The number of carboxylic acids is 1. The molecule has 1 N–H and O–H groups in total. The lowest BCUT2D eigenvalue weighted by Gasteiger charge is -2.13. The monoisotopic (exact) mass is 392 g/mol. The number of ether oxygens (including phenoxy) is 1. The normalized spacial score (nSPS) is 11.0. The fraction of sp³-hybridized carbons (Fsp3) is 0.278. The number of fused-ring (bicyclic) bond motifs is 1. The number of rotatable bonds is 7. The largest absolute Gasteiger partial charge is 0.492 e. The Labute approximate surface area is 158 Å². The third-order valence-electron chi connectivity index (χ3n) is 3.87. The van der Waals surface area contributed by atoms with Crippen molar-refractivity contribution in [2.45, 2.75) is 26.3 Å². The molecule has 136 valence electrons. The third kappa shape index (κ3) is 3.73. The second-order valence-electron chi connectivity index (χ2n) is 5.67. The highest BCUT2D eigenvalue weighted by atomic mass is 35.5. The highest BCUT2D eigenvalue weighted by molar-refractivity contribution is 7.17. The Kier molecular flexibility index (Phi) is 5.58. The molecular formula is C18H17ClN2O4S. The molecule has 3 rings (SSSR count). The molecule has 0 saturated heterocycles. The van der Waals surface area contributed by atoms with E-state index in [1.807, 2.05) is 6.92 Å². The zero-order valence-corrected chi connectivity index (χ0v) is 15.6. The highest BCUT2D eigenvalue weighted by Crippen LogP contribution is 2.22. The summed E-state index contributed by atoms with van der Waals surface area (Å²) in [5, 5.41) is 11.5. The van der Waals surface area contributed by atoms with Crippen LogP contribution in [0.4, 0.5) is 0 Å². The molecule has 26 heavy (non-hydrogen) atoms. The predicted molar refractivity (Wildman–Crippen MR) is 102 cm³/mol. The van der Waals surface area contributed by atoms with Gasteiger partial charge in [0.25, 0.3) is 5.56 Å². The van der Waals surface area contributed by atoms with E-state index in [9.17, 15) is 14.7 Å². The van der Waals surface area contributed by atoms with Crippen molar-refractivity contribution in [3.63, 3.8) is 0 Å². The van der Waals surface area contributed by atoms with Crippen molar-refractivity contribution < 1.29 is 14.6 Å². The lowest BCUT2D eigenvalue weighted by molar-refractivity contribution is 0.0699. The van der Waals surface area contributed by atoms with E-state index in [4.69, 9.17) is 16.3 Å². The van der Waals surface area contributed by atoms with E-state index < -0.39 is 5.97 Å². The minimum absolute atomic E-state index is 0.00193. The van der Waals surface area contributed by atoms with Crippen molar-refractivity contribution in [1.82, 2.24) is 9.55 Å². The van der Waals surface area contributed by atoms with Crippen LogP contribution in [0.15, 0.2) is 34.4 Å². The van der Waals surface area contributed by atoms with Crippen molar-refractivity contribution in [3.05, 3.63) is 56.4 Å². The first-order chi connectivity index (χ1) is 12.5. The Morgan fingerprint density at radius 2 is 2.08 bits per heavy atom. The number of carboxylic acid groups (broad SMARTS) is 1. The highest BCUT2D eigenvalue weighted by Gasteiger charge is 2.19. The van der Waals surface area contributed by atoms with Crippen LogP contribution in [-0.2, 0) is 13.0 Å². The van der Waals surface area contributed by atoms with Gasteiger partial charge in [-0.3, -0.25) is 9.36 Å². The van der Waals surface area contributed by atoms with Crippen LogP contribution in [0.25, 0.3) is 10.2 Å². The second-order valence-corrected chi connectivity index (χ2v) is 6.97. The van der Waals surface area contributed by atoms with E-state index in [1.165, 1.54) is 21.3 Å². The molecule has 0 bridgehead atoms. The quantitative estimate of drug-likeness (QED) is 0.660. The maximum Gasteiger partial charge on any atom is 0.337 e. The third-order valence-corrected chi connectivity index (χ3v) is 5.00. The number of aromatic carboxylic acids is 1. The first kappa shape index (κ1) is 18.4. The molecule has 2 heterocycles. The first-order valence-electron chi connectivity index (χ1n) is 8.13. The Balaban J connectivity index is 1.91.